The van der Waals surface area contributed by atoms with Crippen LogP contribution in [0.15, 0.2) is 120 Å². The third-order valence-electron chi connectivity index (χ3n) is 9.33. The predicted octanol–water partition coefficient (Wildman–Crippen LogP) is 7.29. The van der Waals surface area contributed by atoms with Gasteiger partial charge < -0.3 is 23.7 Å². The van der Waals surface area contributed by atoms with E-state index < -0.39 is 0 Å². The van der Waals surface area contributed by atoms with Crippen molar-refractivity contribution in [1.29, 1.82) is 0 Å². The summed E-state index contributed by atoms with van der Waals surface area (Å²) in [6.45, 7) is 6.28. The highest BCUT2D eigenvalue weighted by Gasteiger charge is 2.24. The molecule has 1 atom stereocenters. The van der Waals surface area contributed by atoms with Crippen molar-refractivity contribution in [3.05, 3.63) is 132 Å². The van der Waals surface area contributed by atoms with Crippen molar-refractivity contribution in [3.8, 4) is 0 Å². The molecule has 0 radical (unpaired) electrons. The Morgan fingerprint density at radius 2 is 1.67 bits per heavy atom. The zero-order valence-electron chi connectivity index (χ0n) is 26.5. The zero-order valence-corrected chi connectivity index (χ0v) is 26.5. The fraction of sp³-hybridized carbons (Fsp3) is 0.282. The summed E-state index contributed by atoms with van der Waals surface area (Å²) in [5, 5.41) is 2.48. The second kappa shape index (κ2) is 13.6. The smallest absolute Gasteiger partial charge is 0.253 e. The normalized spacial score (nSPS) is 14.8. The van der Waals surface area contributed by atoms with Crippen LogP contribution in [-0.4, -0.2) is 71.6 Å². The lowest BCUT2D eigenvalue weighted by atomic mass is 9.92. The van der Waals surface area contributed by atoms with Gasteiger partial charge in [0.1, 0.15) is 0 Å². The number of amides is 1. The molecule has 1 fully saturated rings. The van der Waals surface area contributed by atoms with Crippen LogP contribution in [0, 0.1) is 0 Å². The van der Waals surface area contributed by atoms with Crippen LogP contribution in [0.25, 0.3) is 21.8 Å². The monoisotopic (exact) mass is 611 g/mol. The minimum Gasteiger partial charge on any atom is -0.472 e. The van der Waals surface area contributed by atoms with Crippen LogP contribution < -0.4 is 4.90 Å². The molecule has 6 aromatic rings. The topological polar surface area (TPSA) is 57.8 Å². The molecule has 3 heterocycles. The van der Waals surface area contributed by atoms with Crippen molar-refractivity contribution < 1.29 is 9.21 Å². The van der Waals surface area contributed by atoms with E-state index in [0.717, 1.165) is 80.2 Å². The van der Waals surface area contributed by atoms with Crippen molar-refractivity contribution >= 4 is 33.7 Å². The Bertz CT molecular complexity index is 1900. The quantitative estimate of drug-likeness (QED) is 0.163. The molecule has 4 aromatic carbocycles. The van der Waals surface area contributed by atoms with Crippen LogP contribution in [0.5, 0.6) is 0 Å². The summed E-state index contributed by atoms with van der Waals surface area (Å²) in [5.74, 6) is 1.32. The van der Waals surface area contributed by atoms with Crippen LogP contribution in [0.1, 0.15) is 40.2 Å². The van der Waals surface area contributed by atoms with Crippen molar-refractivity contribution in [1.82, 2.24) is 19.4 Å². The van der Waals surface area contributed by atoms with Crippen LogP contribution >= 0.6 is 0 Å². The molecule has 1 aliphatic heterocycles. The molecule has 1 amide bonds. The summed E-state index contributed by atoms with van der Waals surface area (Å²) in [4.78, 5) is 25.4. The number of anilines is 1. The summed E-state index contributed by atoms with van der Waals surface area (Å²) in [7, 11) is 1.93. The second-order valence-corrected chi connectivity index (χ2v) is 12.4. The molecule has 46 heavy (non-hydrogen) atoms. The average Bonchev–Trinajstić information content (AvgIpc) is 3.68. The molecular weight excluding hydrogens is 570 g/mol. The number of benzene rings is 4. The van der Waals surface area contributed by atoms with Gasteiger partial charge in [-0.25, -0.2) is 4.98 Å². The minimum absolute atomic E-state index is 0.0649. The fourth-order valence-electron chi connectivity index (χ4n) is 6.80. The van der Waals surface area contributed by atoms with E-state index in [1.165, 1.54) is 16.3 Å². The van der Waals surface area contributed by atoms with Crippen LogP contribution in [0.4, 0.5) is 5.95 Å². The second-order valence-electron chi connectivity index (χ2n) is 12.4. The van der Waals surface area contributed by atoms with Gasteiger partial charge in [0.25, 0.3) is 5.91 Å². The number of para-hydroxylation sites is 2. The zero-order chi connectivity index (χ0) is 31.3. The predicted molar refractivity (Wildman–Crippen MR) is 186 cm³/mol. The Hall–Kier alpha value is -4.88. The van der Waals surface area contributed by atoms with Gasteiger partial charge in [0, 0.05) is 50.3 Å². The number of imidazole rings is 1. The van der Waals surface area contributed by atoms with E-state index in [1.807, 2.05) is 54.6 Å². The van der Waals surface area contributed by atoms with E-state index in [4.69, 9.17) is 9.40 Å². The molecule has 0 N–H and O–H groups in total. The third-order valence-corrected chi connectivity index (χ3v) is 9.33. The highest BCUT2D eigenvalue weighted by Crippen LogP contribution is 2.28. The lowest BCUT2D eigenvalue weighted by Crippen LogP contribution is -2.35. The first-order chi connectivity index (χ1) is 22.6. The third kappa shape index (κ3) is 6.56. The van der Waals surface area contributed by atoms with Gasteiger partial charge in [-0.05, 0) is 72.6 Å². The van der Waals surface area contributed by atoms with E-state index in [9.17, 15) is 4.79 Å². The molecule has 7 nitrogen and oxygen atoms in total. The number of carbonyl (C=O) groups is 1. The van der Waals surface area contributed by atoms with Gasteiger partial charge in [-0.15, -0.1) is 0 Å². The summed E-state index contributed by atoms with van der Waals surface area (Å²) in [5.41, 5.74) is 5.32. The van der Waals surface area contributed by atoms with Gasteiger partial charge in [-0.2, -0.15) is 0 Å². The van der Waals surface area contributed by atoms with Gasteiger partial charge in [-0.1, -0.05) is 72.8 Å². The molecular formula is C39H41N5O2. The number of furan rings is 1. The fourth-order valence-corrected chi connectivity index (χ4v) is 6.80. The Balaban J connectivity index is 1.07. The standard InChI is InChI=1S/C39H41N5O2/c1-41(38(45)32-11-3-2-4-12-32)28-35(34-17-16-31-10-5-6-13-33(31)26-34)18-22-42-20-9-21-43(24-23-42)39-40-36-14-7-8-15-37(36)44(39)27-30-19-25-46-29-30/h2-8,10-17,19,25-26,29,35H,9,18,20-24,27-28H2,1H3. The molecule has 1 saturated heterocycles. The first-order valence-electron chi connectivity index (χ1n) is 16.4. The Kier molecular flexibility index (Phi) is 8.83. The van der Waals surface area contributed by atoms with Crippen molar-refractivity contribution in [2.24, 2.45) is 0 Å². The molecule has 0 spiro atoms. The summed E-state index contributed by atoms with van der Waals surface area (Å²) in [6, 6.07) is 35.3. The Morgan fingerprint density at radius 3 is 2.52 bits per heavy atom. The Labute approximate surface area is 270 Å². The van der Waals surface area contributed by atoms with Gasteiger partial charge in [0.05, 0.1) is 30.1 Å². The van der Waals surface area contributed by atoms with Gasteiger partial charge in [0.15, 0.2) is 0 Å². The van der Waals surface area contributed by atoms with Crippen molar-refractivity contribution in [2.75, 3.05) is 51.2 Å². The number of carbonyl (C=O) groups excluding carboxylic acids is 1. The van der Waals surface area contributed by atoms with Crippen LogP contribution in [0.2, 0.25) is 0 Å². The molecule has 234 valence electrons. The van der Waals surface area contributed by atoms with Gasteiger partial charge in [-0.3, -0.25) is 4.79 Å². The minimum atomic E-state index is 0.0649. The first kappa shape index (κ1) is 29.8. The lowest BCUT2D eigenvalue weighted by molar-refractivity contribution is 0.0783. The highest BCUT2D eigenvalue weighted by atomic mass is 16.3. The molecule has 7 rings (SSSR count). The molecule has 1 aliphatic rings. The number of nitrogens with zero attached hydrogens (tertiary/aromatic N) is 5. The van der Waals surface area contributed by atoms with Gasteiger partial charge >= 0.3 is 0 Å². The van der Waals surface area contributed by atoms with E-state index in [2.05, 4.69) is 81.1 Å². The maximum Gasteiger partial charge on any atom is 0.253 e. The number of rotatable bonds is 10. The van der Waals surface area contributed by atoms with Gasteiger partial charge in [0.2, 0.25) is 5.95 Å². The SMILES string of the molecule is CN(CC(CCN1CCCN(c2nc3ccccc3n2Cc2ccoc2)CC1)c1ccc2ccccc2c1)C(=O)c1ccccc1. The van der Waals surface area contributed by atoms with Crippen LogP contribution in [-0.2, 0) is 6.54 Å². The van der Waals surface area contributed by atoms with E-state index in [-0.39, 0.29) is 11.8 Å². The molecule has 2 aromatic heterocycles. The molecule has 1 unspecified atom stereocenters. The molecule has 0 aliphatic carbocycles. The largest absolute Gasteiger partial charge is 0.472 e. The van der Waals surface area contributed by atoms with Crippen molar-refractivity contribution in [3.63, 3.8) is 0 Å². The van der Waals surface area contributed by atoms with Crippen LogP contribution in [0.3, 0.4) is 0 Å². The first-order valence-corrected chi connectivity index (χ1v) is 16.4. The number of hydrogen-bond acceptors (Lipinski definition) is 5. The number of fused-ring (bicyclic) bond motifs is 2. The summed E-state index contributed by atoms with van der Waals surface area (Å²) < 4.78 is 7.70. The van der Waals surface area contributed by atoms with Crippen molar-refractivity contribution in [2.45, 2.75) is 25.3 Å². The maximum atomic E-state index is 13.3. The molecule has 0 bridgehead atoms. The number of aromatic nitrogens is 2. The number of likely N-dealkylation sites (N-methyl/N-ethyl adjacent to an activating group) is 1. The maximum absolute atomic E-state index is 13.3. The van der Waals surface area contributed by atoms with E-state index in [1.54, 1.807) is 6.26 Å². The average molecular weight is 612 g/mol. The molecule has 7 heteroatoms. The summed E-state index contributed by atoms with van der Waals surface area (Å²) >= 11 is 0. The highest BCUT2D eigenvalue weighted by molar-refractivity contribution is 5.94. The van der Waals surface area contributed by atoms with E-state index >= 15 is 0 Å². The molecule has 0 saturated carbocycles. The lowest BCUT2D eigenvalue weighted by Gasteiger charge is -2.28. The van der Waals surface area contributed by atoms with E-state index in [0.29, 0.717) is 6.54 Å². The Morgan fingerprint density at radius 1 is 0.870 bits per heavy atom. The number of hydrogen-bond donors (Lipinski definition) is 0. The summed E-state index contributed by atoms with van der Waals surface area (Å²) in [6.07, 6.45) is 5.60.